The van der Waals surface area contributed by atoms with E-state index in [4.69, 9.17) is 18.9 Å². The van der Waals surface area contributed by atoms with E-state index in [1.165, 1.54) is 0 Å². The predicted octanol–water partition coefficient (Wildman–Crippen LogP) is 10.9. The number of para-hydroxylation sites is 5. The minimum Gasteiger partial charge on any atom is -0.507 e. The van der Waals surface area contributed by atoms with Gasteiger partial charge < -0.3 is 24.1 Å². The summed E-state index contributed by atoms with van der Waals surface area (Å²) in [5, 5.41) is 15.6. The van der Waals surface area contributed by atoms with Gasteiger partial charge in [-0.2, -0.15) is 0 Å². The normalized spacial score (nSPS) is 11.2. The van der Waals surface area contributed by atoms with Crippen molar-refractivity contribution in [3.8, 4) is 51.7 Å². The molecule has 1 N–H and O–H groups in total. The summed E-state index contributed by atoms with van der Waals surface area (Å²) in [7, 11) is -3.75. The van der Waals surface area contributed by atoms with Crippen LogP contribution in [0.3, 0.4) is 0 Å². The fourth-order valence-electron chi connectivity index (χ4n) is 5.91. The van der Waals surface area contributed by atoms with Crippen molar-refractivity contribution in [2.75, 3.05) is 0 Å². The van der Waals surface area contributed by atoms with Crippen molar-refractivity contribution in [1.82, 2.24) is 0 Å². The molecule has 0 atom stereocenters. The molecule has 0 unspecified atom stereocenters. The Balaban J connectivity index is 1.56. The molecule has 7 aromatic rings. The zero-order chi connectivity index (χ0) is 35.9. The third-order valence-electron chi connectivity index (χ3n) is 8.32. The molecule has 0 aromatic heterocycles. The minimum atomic E-state index is -2.02. The van der Waals surface area contributed by atoms with Gasteiger partial charge in [-0.1, -0.05) is 123 Å². The second kappa shape index (κ2) is 15.6. The van der Waals surface area contributed by atoms with Gasteiger partial charge in [0.15, 0.2) is 0 Å². The second-order valence-electron chi connectivity index (χ2n) is 13.1. The Bertz CT molecular complexity index is 1990. The first-order valence-electron chi connectivity index (χ1n) is 17.2. The first-order valence-corrected chi connectivity index (χ1v) is 22.0. The lowest BCUT2D eigenvalue weighted by atomic mass is 10.3. The highest BCUT2D eigenvalue weighted by atomic mass is 31.1. The van der Waals surface area contributed by atoms with E-state index < -0.39 is 16.0 Å². The van der Waals surface area contributed by atoms with Crippen LogP contribution in [0.15, 0.2) is 176 Å². The van der Waals surface area contributed by atoms with E-state index in [1.54, 1.807) is 0 Å². The molecule has 0 bridgehead atoms. The van der Waals surface area contributed by atoms with Crippen LogP contribution in [0.4, 0.5) is 0 Å². The molecular weight excluding hydrogens is 680 g/mol. The van der Waals surface area contributed by atoms with Crippen molar-refractivity contribution < 1.29 is 24.1 Å². The molecule has 7 rings (SSSR count). The van der Waals surface area contributed by atoms with Gasteiger partial charge >= 0.3 is 0 Å². The Morgan fingerprint density at radius 1 is 0.385 bits per heavy atom. The molecule has 0 amide bonds. The summed E-state index contributed by atoms with van der Waals surface area (Å²) in [5.74, 6) is 5.29. The summed E-state index contributed by atoms with van der Waals surface area (Å²) in [6, 6.07) is 56.6. The Hall–Kier alpha value is -5.81. The fourth-order valence-corrected chi connectivity index (χ4v) is 10.1. The van der Waals surface area contributed by atoms with Crippen LogP contribution < -0.4 is 40.0 Å². The molecule has 0 radical (unpaired) electrons. The first-order chi connectivity index (χ1) is 25.3. The van der Waals surface area contributed by atoms with Crippen LogP contribution in [-0.4, -0.2) is 13.2 Å². The van der Waals surface area contributed by atoms with Crippen molar-refractivity contribution in [3.63, 3.8) is 0 Å². The number of hydrogen-bond donors (Lipinski definition) is 1. The lowest BCUT2D eigenvalue weighted by molar-refractivity contribution is 0.466. The van der Waals surface area contributed by atoms with Gasteiger partial charge in [0.25, 0.3) is 0 Å². The van der Waals surface area contributed by atoms with Crippen LogP contribution in [0.5, 0.6) is 51.7 Å². The van der Waals surface area contributed by atoms with Crippen molar-refractivity contribution in [3.05, 3.63) is 176 Å². The SMILES string of the molecule is C[Si](C)(C)c1cccc(P(c2c(Oc3ccccc3)cccc2Oc2ccccc2)c2c(Oc3ccccc3)cccc2Oc2ccccc2)c1O. The molecule has 0 spiro atoms. The number of benzene rings is 7. The van der Waals surface area contributed by atoms with Gasteiger partial charge in [-0.3, -0.25) is 0 Å². The largest absolute Gasteiger partial charge is 0.507 e. The molecule has 0 saturated carbocycles. The monoisotopic (exact) mass is 718 g/mol. The predicted molar refractivity (Wildman–Crippen MR) is 216 cm³/mol. The third kappa shape index (κ3) is 7.89. The maximum absolute atomic E-state index is 12.4. The fraction of sp³-hybridized carbons (Fsp3) is 0.0667. The van der Waals surface area contributed by atoms with E-state index in [1.807, 2.05) is 176 Å². The highest BCUT2D eigenvalue weighted by Gasteiger charge is 2.35. The van der Waals surface area contributed by atoms with Crippen LogP contribution >= 0.6 is 7.92 Å². The number of aromatic hydroxyl groups is 1. The highest BCUT2D eigenvalue weighted by molar-refractivity contribution is 7.80. The standard InChI is InChI=1S/C45H39O5PSi/c1-52(2,3)42-32-18-31-41(43(42)46)51(44-37(47-33-19-8-4-9-20-33)27-16-28-38(44)48-34-21-10-5-11-22-34)45-39(49-35-23-12-6-13-24-35)29-17-30-40(45)50-36-25-14-7-15-26-36/h4-32,46H,1-3H3. The van der Waals surface area contributed by atoms with Crippen LogP contribution in [0.25, 0.3) is 0 Å². The van der Waals surface area contributed by atoms with E-state index in [2.05, 4.69) is 19.6 Å². The summed E-state index contributed by atoms with van der Waals surface area (Å²) < 4.78 is 27.0. The molecule has 0 aliphatic carbocycles. The lowest BCUT2D eigenvalue weighted by Gasteiger charge is -2.29. The number of rotatable bonds is 12. The molecule has 7 heteroatoms. The van der Waals surface area contributed by atoms with Crippen molar-refractivity contribution >= 4 is 37.1 Å². The lowest BCUT2D eigenvalue weighted by Crippen LogP contribution is -2.40. The van der Waals surface area contributed by atoms with Crippen molar-refractivity contribution in [2.45, 2.75) is 19.6 Å². The minimum absolute atomic E-state index is 0.258. The molecule has 258 valence electrons. The van der Waals surface area contributed by atoms with E-state index in [0.29, 0.717) is 46.0 Å². The van der Waals surface area contributed by atoms with Crippen LogP contribution in [0.2, 0.25) is 19.6 Å². The molecule has 52 heavy (non-hydrogen) atoms. The molecular formula is C45H39O5PSi. The maximum atomic E-state index is 12.4. The van der Waals surface area contributed by atoms with Crippen molar-refractivity contribution in [1.29, 1.82) is 0 Å². The Labute approximate surface area is 307 Å². The summed E-state index contributed by atoms with van der Waals surface area (Å²) >= 11 is 0. The summed E-state index contributed by atoms with van der Waals surface area (Å²) in [6.45, 7) is 6.71. The molecule has 0 aliphatic rings. The molecule has 0 saturated heterocycles. The van der Waals surface area contributed by atoms with Crippen LogP contribution in [0, 0.1) is 0 Å². The summed E-state index contributed by atoms with van der Waals surface area (Å²) in [6.07, 6.45) is 0. The van der Waals surface area contributed by atoms with Gasteiger partial charge in [0.05, 0.1) is 18.7 Å². The first kappa shape index (κ1) is 34.6. The molecule has 0 fully saturated rings. The summed E-state index contributed by atoms with van der Waals surface area (Å²) in [5.41, 5.74) is 0. The van der Waals surface area contributed by atoms with Crippen LogP contribution in [0.1, 0.15) is 0 Å². The van der Waals surface area contributed by atoms with Gasteiger partial charge in [0.2, 0.25) is 0 Å². The second-order valence-corrected chi connectivity index (χ2v) is 20.2. The van der Waals surface area contributed by atoms with Gasteiger partial charge in [-0.15, -0.1) is 0 Å². The Morgan fingerprint density at radius 2 is 0.692 bits per heavy atom. The smallest absolute Gasteiger partial charge is 0.139 e. The van der Waals surface area contributed by atoms with Gasteiger partial charge in [-0.25, -0.2) is 0 Å². The number of phenols is 1. The Morgan fingerprint density at radius 3 is 1.00 bits per heavy atom. The highest BCUT2D eigenvalue weighted by Crippen LogP contribution is 2.49. The topological polar surface area (TPSA) is 57.2 Å². The van der Waals surface area contributed by atoms with E-state index in [-0.39, 0.29) is 5.75 Å². The van der Waals surface area contributed by atoms with E-state index in [0.717, 1.165) is 21.1 Å². The Kier molecular flexibility index (Phi) is 10.4. The zero-order valence-electron chi connectivity index (χ0n) is 29.3. The van der Waals surface area contributed by atoms with Gasteiger partial charge in [-0.05, 0) is 78.0 Å². The zero-order valence-corrected chi connectivity index (χ0v) is 31.2. The van der Waals surface area contributed by atoms with Gasteiger partial charge in [0.1, 0.15) is 51.7 Å². The molecule has 0 heterocycles. The van der Waals surface area contributed by atoms with Crippen LogP contribution in [-0.2, 0) is 0 Å². The number of hydrogen-bond acceptors (Lipinski definition) is 5. The molecule has 5 nitrogen and oxygen atoms in total. The molecule has 0 aliphatic heterocycles. The number of ether oxygens (including phenoxy) is 4. The van der Waals surface area contributed by atoms with E-state index in [9.17, 15) is 5.11 Å². The average Bonchev–Trinajstić information content (AvgIpc) is 3.15. The summed E-state index contributed by atoms with van der Waals surface area (Å²) in [4.78, 5) is 0. The van der Waals surface area contributed by atoms with Gasteiger partial charge in [0, 0.05) is 13.2 Å². The number of phenolic OH excluding ortho intramolecular Hbond substituents is 1. The maximum Gasteiger partial charge on any atom is 0.139 e. The quantitative estimate of drug-likeness (QED) is 0.101. The average molecular weight is 719 g/mol. The van der Waals surface area contributed by atoms with E-state index >= 15 is 0 Å². The molecule has 7 aromatic carbocycles. The van der Waals surface area contributed by atoms with Crippen molar-refractivity contribution in [2.24, 2.45) is 0 Å². The third-order valence-corrected chi connectivity index (χ3v) is 13.0.